The number of pyridine rings is 2. The monoisotopic (exact) mass is 623 g/mol. The Labute approximate surface area is 266 Å². The molecule has 12 heteroatoms. The number of nitrogens with zero attached hydrogens (tertiary/aromatic N) is 5. The van der Waals surface area contributed by atoms with Gasteiger partial charge in [-0.3, -0.25) is 4.79 Å². The topological polar surface area (TPSA) is 131 Å². The molecule has 232 valence electrons. The molecule has 5 heterocycles. The Hall–Kier alpha value is -3.67. The number of amides is 1. The number of rotatable bonds is 5. The van der Waals surface area contributed by atoms with E-state index in [2.05, 4.69) is 20.4 Å². The Morgan fingerprint density at radius 1 is 1.09 bits per heavy atom. The molecule has 4 fully saturated rings. The van der Waals surface area contributed by atoms with Crippen molar-refractivity contribution in [1.82, 2.24) is 24.5 Å². The first-order chi connectivity index (χ1) is 23.6. The highest BCUT2D eigenvalue weighted by atomic mass is 32.2. The third-order valence-corrected chi connectivity index (χ3v) is 11.7. The summed E-state index contributed by atoms with van der Waals surface area (Å²) < 4.78 is 87.6. The molecule has 0 unspecified atom stereocenters. The van der Waals surface area contributed by atoms with E-state index < -0.39 is 46.1 Å². The third-order valence-electron chi connectivity index (χ3n) is 10.4. The van der Waals surface area contributed by atoms with E-state index in [1.807, 2.05) is 4.72 Å². The Balaban J connectivity index is 1.16. The zero-order valence-corrected chi connectivity index (χ0v) is 25.1. The normalized spacial score (nSPS) is 28.0. The van der Waals surface area contributed by atoms with Crippen molar-refractivity contribution in [2.75, 3.05) is 29.9 Å². The van der Waals surface area contributed by atoms with E-state index in [1.54, 1.807) is 18.3 Å². The van der Waals surface area contributed by atoms with Crippen molar-refractivity contribution in [2.45, 2.75) is 75.6 Å². The van der Waals surface area contributed by atoms with Crippen LogP contribution in [0.15, 0.2) is 47.6 Å². The van der Waals surface area contributed by atoms with Crippen LogP contribution in [0, 0.1) is 22.7 Å². The summed E-state index contributed by atoms with van der Waals surface area (Å²) in [5.74, 6) is -0.249. The smallest absolute Gasteiger partial charge is 0.281 e. The zero-order chi connectivity index (χ0) is 35.3. The second-order valence-electron chi connectivity index (χ2n) is 13.0. The van der Waals surface area contributed by atoms with Crippen molar-refractivity contribution >= 4 is 27.6 Å². The fraction of sp³-hybridized carbons (Fsp3) is 0.562. The van der Waals surface area contributed by atoms with Crippen LogP contribution < -0.4 is 19.7 Å². The van der Waals surface area contributed by atoms with Crippen molar-refractivity contribution in [3.05, 3.63) is 48.2 Å². The number of sulfonamides is 1. The molecule has 2 aliphatic heterocycles. The van der Waals surface area contributed by atoms with Crippen LogP contribution in [0.2, 0.25) is 0 Å². The van der Waals surface area contributed by atoms with Crippen molar-refractivity contribution < 1.29 is 26.2 Å². The molecule has 0 aromatic carbocycles. The first-order valence-corrected chi connectivity index (χ1v) is 16.8. The maximum atomic E-state index is 13.8. The summed E-state index contributed by atoms with van der Waals surface area (Å²) in [6.45, 7) is -5.22. The van der Waals surface area contributed by atoms with Crippen LogP contribution >= 0.6 is 0 Å². The van der Waals surface area contributed by atoms with E-state index in [4.69, 9.17) is 13.0 Å². The summed E-state index contributed by atoms with van der Waals surface area (Å²) in [7, 11) is -4.50. The summed E-state index contributed by atoms with van der Waals surface area (Å²) in [4.78, 5) is 23.9. The van der Waals surface area contributed by atoms with Crippen LogP contribution in [-0.4, -0.2) is 59.3 Å². The molecule has 2 spiro atoms. The Morgan fingerprint density at radius 2 is 1.91 bits per heavy atom. The molecular weight excluding hydrogens is 578 g/mol. The highest BCUT2D eigenvalue weighted by Gasteiger charge is 2.85. The Kier molecular flexibility index (Phi) is 4.82. The van der Waals surface area contributed by atoms with Crippen molar-refractivity contribution in [3.63, 3.8) is 0 Å². The van der Waals surface area contributed by atoms with Gasteiger partial charge in [-0.05, 0) is 112 Å². The molecule has 3 aliphatic carbocycles. The minimum atomic E-state index is -4.50. The zero-order valence-electron chi connectivity index (χ0n) is 30.3. The van der Waals surface area contributed by atoms with Gasteiger partial charge in [0.05, 0.1) is 12.2 Å². The van der Waals surface area contributed by atoms with Gasteiger partial charge in [-0.2, -0.15) is 8.42 Å². The second-order valence-corrected chi connectivity index (χ2v) is 14.7. The minimum Gasteiger partial charge on any atom is -0.477 e. The molecule has 1 saturated heterocycles. The molecule has 3 aromatic heterocycles. The summed E-state index contributed by atoms with van der Waals surface area (Å²) in [5, 5.41) is 7.18. The number of anilines is 2. The summed E-state index contributed by atoms with van der Waals surface area (Å²) in [6.07, 6.45) is 8.64. The van der Waals surface area contributed by atoms with Crippen LogP contribution in [0.25, 0.3) is 5.82 Å². The van der Waals surface area contributed by atoms with Gasteiger partial charge in [-0.15, -0.1) is 5.10 Å². The lowest BCUT2D eigenvalue weighted by molar-refractivity contribution is 0.0981. The van der Waals surface area contributed by atoms with Gasteiger partial charge in [0.25, 0.3) is 15.9 Å². The number of hydrogen-bond donors (Lipinski definition) is 2. The van der Waals surface area contributed by atoms with Crippen LogP contribution in [0.5, 0.6) is 5.88 Å². The van der Waals surface area contributed by atoms with E-state index >= 15 is 0 Å². The fourth-order valence-electron chi connectivity index (χ4n) is 8.06. The van der Waals surface area contributed by atoms with Gasteiger partial charge in [0.15, 0.2) is 10.8 Å². The van der Waals surface area contributed by atoms with E-state index in [0.717, 1.165) is 12.3 Å². The number of nitrogens with one attached hydrogen (secondary N) is 2. The SMILES string of the molecule is [2H]C([2H])([2H])C1(C([2H])([2H])[2H])C[C@@H]2CCCNc3cccc(n3)S(=O)(=O)NC(=O)c3ccc(-n4ccc(OCCC5C6(CC6)C56CC6)n4)nc3N1C2. The maximum absolute atomic E-state index is 13.8. The Bertz CT molecular complexity index is 1930. The van der Waals surface area contributed by atoms with E-state index in [9.17, 15) is 13.2 Å². The first kappa shape index (κ1) is 21.9. The predicted molar refractivity (Wildman–Crippen MR) is 164 cm³/mol. The maximum Gasteiger partial charge on any atom is 0.281 e. The van der Waals surface area contributed by atoms with Crippen LogP contribution in [0.1, 0.15) is 83.7 Å². The van der Waals surface area contributed by atoms with Crippen molar-refractivity contribution in [2.24, 2.45) is 22.7 Å². The van der Waals surface area contributed by atoms with Gasteiger partial charge in [-0.1, -0.05) is 6.07 Å². The fourth-order valence-corrected chi connectivity index (χ4v) is 9.00. The van der Waals surface area contributed by atoms with Gasteiger partial charge in [0.1, 0.15) is 11.6 Å². The number of hydrogen-bond acceptors (Lipinski definition) is 9. The molecule has 8 rings (SSSR count). The van der Waals surface area contributed by atoms with Crippen molar-refractivity contribution in [1.29, 1.82) is 0 Å². The molecule has 44 heavy (non-hydrogen) atoms. The summed E-state index contributed by atoms with van der Waals surface area (Å²) in [5.41, 5.74) is -1.58. The second kappa shape index (κ2) is 9.66. The first-order valence-electron chi connectivity index (χ1n) is 18.4. The highest BCUT2D eigenvalue weighted by molar-refractivity contribution is 7.90. The standard InChI is InChI=1S/C32H39N7O4S/c1-30(2)19-21-5-4-16-33-24-6-3-7-27(34-24)44(41,42)37-29(40)22-8-9-25(35-28(22)38(30)20-21)39-17-10-26(36-39)43-18-11-23-31(12-13-31)32(23)14-15-32/h3,6-10,17,21,23H,4-5,11-16,18-20H2,1-2H3,(H,33,34)(H,37,40)/t21-/m0/s1/i1D3,2D3. The largest absolute Gasteiger partial charge is 0.477 e. The quantitative estimate of drug-likeness (QED) is 0.420. The van der Waals surface area contributed by atoms with Gasteiger partial charge < -0.3 is 15.0 Å². The molecule has 5 aliphatic rings. The number of carbonyl (C=O) groups excluding carboxylic acids is 1. The summed E-state index contributed by atoms with van der Waals surface area (Å²) in [6, 6.07) is 8.77. The molecule has 1 amide bonds. The lowest BCUT2D eigenvalue weighted by Crippen LogP contribution is -2.41. The lowest BCUT2D eigenvalue weighted by atomic mass is 9.93. The van der Waals surface area contributed by atoms with Crippen LogP contribution in [0.3, 0.4) is 0 Å². The number of carbonyl (C=O) groups is 1. The van der Waals surface area contributed by atoms with E-state index in [1.165, 1.54) is 59.5 Å². The molecular formula is C32H39N7O4S. The third kappa shape index (κ3) is 4.55. The van der Waals surface area contributed by atoms with Gasteiger partial charge in [-0.25, -0.2) is 19.4 Å². The molecule has 3 aromatic rings. The van der Waals surface area contributed by atoms with Gasteiger partial charge >= 0.3 is 0 Å². The molecule has 0 radical (unpaired) electrons. The Morgan fingerprint density at radius 3 is 2.68 bits per heavy atom. The van der Waals surface area contributed by atoms with Gasteiger partial charge in [0.2, 0.25) is 5.88 Å². The average Bonchev–Trinajstić information content (AvgIpc) is 3.99. The van der Waals surface area contributed by atoms with E-state index in [-0.39, 0.29) is 36.0 Å². The number of aromatic nitrogens is 4. The highest BCUT2D eigenvalue weighted by Crippen LogP contribution is 2.93. The van der Waals surface area contributed by atoms with Crippen LogP contribution in [-0.2, 0) is 10.0 Å². The molecule has 1 atom stereocenters. The molecule has 2 N–H and O–H groups in total. The van der Waals surface area contributed by atoms with Crippen molar-refractivity contribution in [3.8, 4) is 11.7 Å². The number of ether oxygens (including phenoxy) is 1. The van der Waals surface area contributed by atoms with E-state index in [0.29, 0.717) is 42.7 Å². The molecule has 3 saturated carbocycles. The van der Waals surface area contributed by atoms with Crippen LogP contribution in [0.4, 0.5) is 11.6 Å². The molecule has 4 bridgehead atoms. The lowest BCUT2D eigenvalue weighted by Gasteiger charge is -2.34. The minimum absolute atomic E-state index is 0.0378. The number of fused-ring (bicyclic) bond motifs is 7. The molecule has 11 nitrogen and oxygen atoms in total. The predicted octanol–water partition coefficient (Wildman–Crippen LogP) is 4.55. The average molecular weight is 624 g/mol. The van der Waals surface area contributed by atoms with Gasteiger partial charge in [0, 0.05) is 39.1 Å². The summed E-state index contributed by atoms with van der Waals surface area (Å²) >= 11 is 0.